The zero-order valence-electron chi connectivity index (χ0n) is 21.3. The van der Waals surface area contributed by atoms with Crippen molar-refractivity contribution in [3.8, 4) is 0 Å². The van der Waals surface area contributed by atoms with Gasteiger partial charge in [-0.15, -0.1) is 0 Å². The quantitative estimate of drug-likeness (QED) is 0.169. The number of nitrogens with zero attached hydrogens (tertiary/aromatic N) is 4. The molecule has 0 aromatic carbocycles. The minimum Gasteiger partial charge on any atom is -0.387 e. The molecule has 2 aromatic heterocycles. The molecule has 1 aliphatic carbocycles. The SMILES string of the molecule is CCOCC(COCC)(OC[C@H]1O[C@@H](n2ncc3c(NC4CCCC4)nc(Cl)nc32)[C@H](O)[C@@H]1O)P(=O)(O)O. The smallest absolute Gasteiger partial charge is 0.361 e. The van der Waals surface area contributed by atoms with Gasteiger partial charge in [-0.3, -0.25) is 4.57 Å². The minimum atomic E-state index is -4.91. The topological polar surface area (TPSA) is 191 Å². The first-order chi connectivity index (χ1) is 18.1. The molecule has 2 fully saturated rings. The summed E-state index contributed by atoms with van der Waals surface area (Å²) < 4.78 is 35.8. The van der Waals surface area contributed by atoms with Crippen molar-refractivity contribution in [1.29, 1.82) is 0 Å². The molecular weight excluding hydrogens is 545 g/mol. The maximum Gasteiger partial charge on any atom is 0.361 e. The molecular formula is C22H35ClN5O9P. The maximum absolute atomic E-state index is 12.4. The number of rotatable bonds is 13. The molecule has 4 atom stereocenters. The molecule has 0 unspecified atom stereocenters. The number of anilines is 1. The van der Waals surface area contributed by atoms with Crippen molar-refractivity contribution in [3.05, 3.63) is 11.5 Å². The molecule has 1 saturated carbocycles. The average Bonchev–Trinajstić information content (AvgIpc) is 3.59. The Morgan fingerprint density at radius 3 is 2.42 bits per heavy atom. The van der Waals surface area contributed by atoms with E-state index in [1.807, 2.05) is 0 Å². The zero-order chi connectivity index (χ0) is 27.5. The van der Waals surface area contributed by atoms with E-state index in [0.29, 0.717) is 16.9 Å². The van der Waals surface area contributed by atoms with Crippen molar-refractivity contribution in [1.82, 2.24) is 19.7 Å². The molecule has 5 N–H and O–H groups in total. The third-order valence-electron chi connectivity index (χ3n) is 6.81. The fourth-order valence-corrected chi connectivity index (χ4v) is 5.59. The highest BCUT2D eigenvalue weighted by Crippen LogP contribution is 2.52. The standard InChI is InChI=1S/C22H35ClN5O9P/c1-3-34-11-22(12-35-4-2,38(31,32)33)36-10-15-16(29)17(30)20(37-15)28-19-14(9-24-28)18(26-21(23)27-19)25-13-7-5-6-8-13/h9,13,15-17,20,29-30H,3-8,10-12H2,1-2H3,(H,25,26,27)(H2,31,32,33)/t15-,16-,17-,20-/m1/s1. The number of hydrogen-bond donors (Lipinski definition) is 5. The van der Waals surface area contributed by atoms with Crippen molar-refractivity contribution >= 4 is 36.0 Å². The first kappa shape index (κ1) is 29.5. The Balaban J connectivity index is 1.55. The number of aromatic nitrogens is 4. The van der Waals surface area contributed by atoms with Crippen LogP contribution in [0.15, 0.2) is 6.20 Å². The van der Waals surface area contributed by atoms with Crippen molar-refractivity contribution < 1.29 is 43.5 Å². The molecule has 4 rings (SSSR count). The number of hydrogen-bond acceptors (Lipinski definition) is 11. The highest BCUT2D eigenvalue weighted by Gasteiger charge is 2.52. The Morgan fingerprint density at radius 1 is 1.16 bits per heavy atom. The normalized spacial score (nSPS) is 25.0. The highest BCUT2D eigenvalue weighted by atomic mass is 35.5. The second-order valence-corrected chi connectivity index (χ2v) is 11.7. The molecule has 14 nitrogen and oxygen atoms in total. The summed E-state index contributed by atoms with van der Waals surface area (Å²) in [6.45, 7) is 2.37. The van der Waals surface area contributed by atoms with Crippen molar-refractivity contribution in [2.45, 2.75) is 75.5 Å². The van der Waals surface area contributed by atoms with Crippen LogP contribution in [0, 0.1) is 0 Å². The van der Waals surface area contributed by atoms with Gasteiger partial charge in [-0.25, -0.2) is 4.68 Å². The van der Waals surface area contributed by atoms with Crippen LogP contribution in [0.2, 0.25) is 5.28 Å². The lowest BCUT2D eigenvalue weighted by Gasteiger charge is -2.34. The summed E-state index contributed by atoms with van der Waals surface area (Å²) in [5, 5.41) is 27.7. The van der Waals surface area contributed by atoms with Gasteiger partial charge in [0.15, 0.2) is 11.9 Å². The lowest BCUT2D eigenvalue weighted by atomic mass is 10.1. The van der Waals surface area contributed by atoms with Gasteiger partial charge in [0.2, 0.25) is 10.6 Å². The van der Waals surface area contributed by atoms with Crippen LogP contribution in [-0.2, 0) is 23.5 Å². The van der Waals surface area contributed by atoms with Crippen LogP contribution >= 0.6 is 19.2 Å². The Bertz CT molecular complexity index is 1120. The molecule has 0 amide bonds. The van der Waals surface area contributed by atoms with Crippen LogP contribution in [0.3, 0.4) is 0 Å². The predicted octanol–water partition coefficient (Wildman–Crippen LogP) is 1.42. The molecule has 0 radical (unpaired) electrons. The summed E-state index contributed by atoms with van der Waals surface area (Å²) in [7, 11) is -4.91. The van der Waals surface area contributed by atoms with Gasteiger partial charge >= 0.3 is 7.60 Å². The summed E-state index contributed by atoms with van der Waals surface area (Å²) in [5.41, 5.74) is 0.292. The largest absolute Gasteiger partial charge is 0.387 e. The number of aliphatic hydroxyl groups is 2. The maximum atomic E-state index is 12.4. The van der Waals surface area contributed by atoms with E-state index >= 15 is 0 Å². The minimum absolute atomic E-state index is 0.0223. The third-order valence-corrected chi connectivity index (χ3v) is 8.43. The molecule has 38 heavy (non-hydrogen) atoms. The lowest BCUT2D eigenvalue weighted by molar-refractivity contribution is -0.135. The molecule has 0 spiro atoms. The summed E-state index contributed by atoms with van der Waals surface area (Å²) in [4.78, 5) is 28.7. The van der Waals surface area contributed by atoms with Crippen molar-refractivity contribution in [2.75, 3.05) is 38.4 Å². The third kappa shape index (κ3) is 6.15. The van der Waals surface area contributed by atoms with E-state index in [1.165, 1.54) is 10.9 Å². The second kappa shape index (κ2) is 12.4. The number of ether oxygens (including phenoxy) is 4. The van der Waals surface area contributed by atoms with Gasteiger partial charge in [0.05, 0.1) is 31.4 Å². The van der Waals surface area contributed by atoms with E-state index in [0.717, 1.165) is 25.7 Å². The van der Waals surface area contributed by atoms with Crippen LogP contribution in [0.4, 0.5) is 5.82 Å². The predicted molar refractivity (Wildman–Crippen MR) is 136 cm³/mol. The van der Waals surface area contributed by atoms with Crippen LogP contribution < -0.4 is 5.32 Å². The van der Waals surface area contributed by atoms with E-state index in [9.17, 15) is 24.6 Å². The highest BCUT2D eigenvalue weighted by molar-refractivity contribution is 7.53. The number of halogens is 1. The van der Waals surface area contributed by atoms with Gasteiger partial charge < -0.3 is 44.3 Å². The van der Waals surface area contributed by atoms with Crippen molar-refractivity contribution in [2.24, 2.45) is 0 Å². The lowest BCUT2D eigenvalue weighted by Crippen LogP contribution is -2.45. The van der Waals surface area contributed by atoms with Crippen LogP contribution in [0.5, 0.6) is 0 Å². The first-order valence-corrected chi connectivity index (χ1v) is 14.6. The van der Waals surface area contributed by atoms with Gasteiger partial charge in [-0.1, -0.05) is 12.8 Å². The van der Waals surface area contributed by atoms with Crippen LogP contribution in [-0.4, -0.2) is 102 Å². The van der Waals surface area contributed by atoms with E-state index in [4.69, 9.17) is 30.5 Å². The molecule has 2 aromatic rings. The van der Waals surface area contributed by atoms with Crippen LogP contribution in [0.1, 0.15) is 45.8 Å². The molecule has 1 aliphatic heterocycles. The Hall–Kier alpha value is -1.45. The van der Waals surface area contributed by atoms with E-state index in [1.54, 1.807) is 13.8 Å². The van der Waals surface area contributed by atoms with Gasteiger partial charge in [0.1, 0.15) is 24.1 Å². The van der Waals surface area contributed by atoms with Gasteiger partial charge in [-0.2, -0.15) is 15.1 Å². The molecule has 16 heteroatoms. The molecule has 214 valence electrons. The summed E-state index contributed by atoms with van der Waals surface area (Å²) in [6.07, 6.45) is 0.564. The van der Waals surface area contributed by atoms with Gasteiger partial charge in [0.25, 0.3) is 0 Å². The Labute approximate surface area is 224 Å². The number of fused-ring (bicyclic) bond motifs is 1. The fraction of sp³-hybridized carbons (Fsp3) is 0.773. The van der Waals surface area contributed by atoms with Gasteiger partial charge in [0, 0.05) is 19.3 Å². The van der Waals surface area contributed by atoms with Crippen LogP contribution in [0.25, 0.3) is 11.0 Å². The number of aliphatic hydroxyl groups excluding tert-OH is 2. The molecule has 2 aliphatic rings. The molecule has 1 saturated heterocycles. The van der Waals surface area contributed by atoms with E-state index in [-0.39, 0.29) is 24.5 Å². The summed E-state index contributed by atoms with van der Waals surface area (Å²) in [5.74, 6) is 0.518. The second-order valence-electron chi connectivity index (χ2n) is 9.42. The molecule has 3 heterocycles. The monoisotopic (exact) mass is 579 g/mol. The van der Waals surface area contributed by atoms with E-state index in [2.05, 4.69) is 20.4 Å². The summed E-state index contributed by atoms with van der Waals surface area (Å²) >= 11 is 6.19. The van der Waals surface area contributed by atoms with E-state index < -0.39 is 57.3 Å². The summed E-state index contributed by atoms with van der Waals surface area (Å²) in [6, 6.07) is 0.256. The average molecular weight is 580 g/mol. The Kier molecular flexibility index (Phi) is 9.62. The number of nitrogens with one attached hydrogen (secondary N) is 1. The zero-order valence-corrected chi connectivity index (χ0v) is 22.9. The Morgan fingerprint density at radius 2 is 1.82 bits per heavy atom. The first-order valence-electron chi connectivity index (χ1n) is 12.6. The van der Waals surface area contributed by atoms with Gasteiger partial charge in [-0.05, 0) is 38.3 Å². The van der Waals surface area contributed by atoms with Crippen molar-refractivity contribution in [3.63, 3.8) is 0 Å². The molecule has 0 bridgehead atoms. The fourth-order valence-electron chi connectivity index (χ4n) is 4.67.